The molecule has 1 aliphatic heterocycles. The molecular formula is C19H14BNO2. The van der Waals surface area contributed by atoms with Crippen LogP contribution in [0, 0.1) is 0 Å². The third-order valence-electron chi connectivity index (χ3n) is 3.67. The maximum atomic E-state index is 6.15. The van der Waals surface area contributed by atoms with Crippen LogP contribution in [0.5, 0.6) is 11.5 Å². The van der Waals surface area contributed by atoms with Crippen LogP contribution in [0.2, 0.25) is 0 Å². The summed E-state index contributed by atoms with van der Waals surface area (Å²) in [5, 5.41) is 0. The molecule has 110 valence electrons. The number of nitrogens with zero attached hydrogens (tertiary/aromatic N) is 1. The average molecular weight is 299 g/mol. The van der Waals surface area contributed by atoms with Gasteiger partial charge >= 0.3 is 7.12 Å². The first kappa shape index (κ1) is 13.6. The topological polar surface area (TPSA) is 30.8 Å². The van der Waals surface area contributed by atoms with E-state index in [1.807, 2.05) is 85.1 Å². The number of fused-ring (bicyclic) bond motifs is 2. The fourth-order valence-corrected chi connectivity index (χ4v) is 2.50. The molecule has 0 unspecified atom stereocenters. The molecule has 0 spiro atoms. The zero-order valence-corrected chi connectivity index (χ0v) is 12.4. The Morgan fingerprint density at radius 2 is 1.30 bits per heavy atom. The smallest absolute Gasteiger partial charge is 0.521 e. The number of rotatable bonds is 1. The van der Waals surface area contributed by atoms with Gasteiger partial charge in [-0.1, -0.05) is 54.6 Å². The largest absolute Gasteiger partial charge is 0.632 e. The minimum absolute atomic E-state index is 0.528. The van der Waals surface area contributed by atoms with Crippen molar-refractivity contribution in [3.63, 3.8) is 0 Å². The Labute approximate surface area is 135 Å². The van der Waals surface area contributed by atoms with Crippen LogP contribution in [0.25, 0.3) is 0 Å². The lowest BCUT2D eigenvalue weighted by atomic mass is 9.78. The lowest BCUT2D eigenvalue weighted by molar-refractivity contribution is 0.440. The molecule has 0 fully saturated rings. The van der Waals surface area contributed by atoms with Gasteiger partial charge in [-0.2, -0.15) is 0 Å². The van der Waals surface area contributed by atoms with Gasteiger partial charge in [0.15, 0.2) is 0 Å². The number of hydrogen-bond acceptors (Lipinski definition) is 3. The maximum Gasteiger partial charge on any atom is 0.632 e. The number of aliphatic imine (C=N–C) groups is 1. The van der Waals surface area contributed by atoms with Gasteiger partial charge < -0.3 is 9.31 Å². The van der Waals surface area contributed by atoms with Gasteiger partial charge in [-0.25, -0.2) is 0 Å². The minimum Gasteiger partial charge on any atom is -0.521 e. The molecule has 1 heterocycles. The predicted molar refractivity (Wildman–Crippen MR) is 93.2 cm³/mol. The average Bonchev–Trinajstić information content (AvgIpc) is 2.69. The molecule has 3 nitrogen and oxygen atoms in total. The van der Waals surface area contributed by atoms with Crippen LogP contribution in [-0.4, -0.2) is 13.3 Å². The summed E-state index contributed by atoms with van der Waals surface area (Å²) < 4.78 is 12.3. The van der Waals surface area contributed by atoms with E-state index in [4.69, 9.17) is 9.31 Å². The van der Waals surface area contributed by atoms with Crippen LogP contribution in [0.4, 0.5) is 5.69 Å². The lowest BCUT2D eigenvalue weighted by Crippen LogP contribution is -2.42. The van der Waals surface area contributed by atoms with Crippen LogP contribution in [0.3, 0.4) is 0 Å². The van der Waals surface area contributed by atoms with Gasteiger partial charge in [0, 0.05) is 17.2 Å². The lowest BCUT2D eigenvalue weighted by Gasteiger charge is -2.17. The molecule has 1 aliphatic rings. The quantitative estimate of drug-likeness (QED) is 0.643. The number of para-hydroxylation sites is 3. The summed E-state index contributed by atoms with van der Waals surface area (Å²) in [7, 11) is -0.528. The summed E-state index contributed by atoms with van der Waals surface area (Å²) >= 11 is 0. The van der Waals surface area contributed by atoms with Crippen molar-refractivity contribution in [2.24, 2.45) is 4.99 Å². The molecule has 0 saturated carbocycles. The molecule has 0 atom stereocenters. The Kier molecular flexibility index (Phi) is 3.56. The summed E-state index contributed by atoms with van der Waals surface area (Å²) in [6.07, 6.45) is 1.81. The first-order chi connectivity index (χ1) is 11.4. The molecule has 0 aromatic heterocycles. The van der Waals surface area contributed by atoms with E-state index in [-0.39, 0.29) is 0 Å². The molecule has 0 N–H and O–H groups in total. The molecule has 0 radical (unpaired) electrons. The van der Waals surface area contributed by atoms with Crippen LogP contribution < -0.4 is 14.8 Å². The highest BCUT2D eigenvalue weighted by molar-refractivity contribution is 6.62. The monoisotopic (exact) mass is 299 g/mol. The normalized spacial score (nSPS) is 12.8. The van der Waals surface area contributed by atoms with Gasteiger partial charge in [0.05, 0.1) is 0 Å². The standard InChI is InChI=1S/C19H14BNO2/c1-2-9-16(10-3-1)20-22-18-12-6-4-8-15(18)14-21-17-11-5-7-13-19(17)23-20/h1-14H. The van der Waals surface area contributed by atoms with Gasteiger partial charge in [-0.05, 0) is 24.3 Å². The molecule has 4 heteroatoms. The van der Waals surface area contributed by atoms with E-state index < -0.39 is 7.12 Å². The maximum absolute atomic E-state index is 6.15. The summed E-state index contributed by atoms with van der Waals surface area (Å²) in [4.78, 5) is 4.55. The zero-order valence-electron chi connectivity index (χ0n) is 12.4. The van der Waals surface area contributed by atoms with Gasteiger partial charge in [-0.15, -0.1) is 0 Å². The predicted octanol–water partition coefficient (Wildman–Crippen LogP) is 3.60. The van der Waals surface area contributed by atoms with Crippen molar-refractivity contribution in [2.75, 3.05) is 0 Å². The van der Waals surface area contributed by atoms with E-state index in [0.29, 0.717) is 5.75 Å². The first-order valence-corrected chi connectivity index (χ1v) is 7.50. The van der Waals surface area contributed by atoms with Crippen molar-refractivity contribution in [3.05, 3.63) is 84.4 Å². The Bertz CT molecular complexity index is 797. The van der Waals surface area contributed by atoms with E-state index in [0.717, 1.165) is 22.5 Å². The Hall–Kier alpha value is -3.01. The number of hydrogen-bond donors (Lipinski definition) is 0. The van der Waals surface area contributed by atoms with E-state index in [9.17, 15) is 0 Å². The van der Waals surface area contributed by atoms with Gasteiger partial charge in [0.25, 0.3) is 0 Å². The van der Waals surface area contributed by atoms with Crippen molar-refractivity contribution in [2.45, 2.75) is 0 Å². The van der Waals surface area contributed by atoms with Crippen molar-refractivity contribution in [3.8, 4) is 11.5 Å². The van der Waals surface area contributed by atoms with E-state index in [2.05, 4.69) is 4.99 Å². The number of benzene rings is 3. The highest BCUT2D eigenvalue weighted by atomic mass is 16.6. The third-order valence-corrected chi connectivity index (χ3v) is 3.67. The zero-order chi connectivity index (χ0) is 15.5. The first-order valence-electron chi connectivity index (χ1n) is 7.50. The van der Waals surface area contributed by atoms with Crippen LogP contribution in [0.15, 0.2) is 83.9 Å². The van der Waals surface area contributed by atoms with E-state index >= 15 is 0 Å². The van der Waals surface area contributed by atoms with Crippen molar-refractivity contribution in [1.29, 1.82) is 0 Å². The van der Waals surface area contributed by atoms with Gasteiger partial charge in [0.1, 0.15) is 17.2 Å². The molecule has 0 bridgehead atoms. The Morgan fingerprint density at radius 1 is 0.652 bits per heavy atom. The molecule has 3 aromatic rings. The summed E-state index contributed by atoms with van der Waals surface area (Å²) in [6.45, 7) is 0. The summed E-state index contributed by atoms with van der Waals surface area (Å²) in [5.74, 6) is 1.45. The van der Waals surface area contributed by atoms with Crippen LogP contribution in [-0.2, 0) is 0 Å². The Balaban J connectivity index is 1.84. The molecule has 4 rings (SSSR count). The second-order valence-electron chi connectivity index (χ2n) is 5.24. The fraction of sp³-hybridized carbons (Fsp3) is 0. The van der Waals surface area contributed by atoms with Gasteiger partial charge in [0.2, 0.25) is 0 Å². The van der Waals surface area contributed by atoms with Crippen molar-refractivity contribution in [1.82, 2.24) is 0 Å². The fourth-order valence-electron chi connectivity index (χ4n) is 2.50. The van der Waals surface area contributed by atoms with Crippen LogP contribution >= 0.6 is 0 Å². The van der Waals surface area contributed by atoms with Crippen molar-refractivity contribution < 1.29 is 9.31 Å². The summed E-state index contributed by atoms with van der Waals surface area (Å²) in [6, 6.07) is 25.5. The molecule has 0 saturated heterocycles. The minimum atomic E-state index is -0.528. The van der Waals surface area contributed by atoms with E-state index in [1.165, 1.54) is 0 Å². The molecule has 0 amide bonds. The van der Waals surface area contributed by atoms with E-state index in [1.54, 1.807) is 0 Å². The van der Waals surface area contributed by atoms with Crippen molar-refractivity contribution >= 4 is 24.5 Å². The summed E-state index contributed by atoms with van der Waals surface area (Å²) in [5.41, 5.74) is 2.67. The molecule has 23 heavy (non-hydrogen) atoms. The Morgan fingerprint density at radius 3 is 2.17 bits per heavy atom. The second kappa shape index (κ2) is 6.01. The SMILES string of the molecule is C1=Nc2ccccc2OB(c2ccccc2)Oc2ccccc21. The van der Waals surface area contributed by atoms with Crippen LogP contribution in [0.1, 0.15) is 5.56 Å². The molecular weight excluding hydrogens is 285 g/mol. The molecule has 0 aliphatic carbocycles. The van der Waals surface area contributed by atoms with Gasteiger partial charge in [-0.3, -0.25) is 4.99 Å². The molecule has 3 aromatic carbocycles. The highest BCUT2D eigenvalue weighted by Crippen LogP contribution is 2.30. The third kappa shape index (κ3) is 2.83. The highest BCUT2D eigenvalue weighted by Gasteiger charge is 2.28. The second-order valence-corrected chi connectivity index (χ2v) is 5.24.